The van der Waals surface area contributed by atoms with Crippen LogP contribution in [0.15, 0.2) is 35.5 Å². The third kappa shape index (κ3) is 6.43. The Balaban J connectivity index is 0.00000324. The van der Waals surface area contributed by atoms with Crippen molar-refractivity contribution in [2.45, 2.75) is 26.4 Å². The SMILES string of the molecule is CC(C)(C)OC(=O)ON=C(C#N)c1ccccc1.Cl. The predicted octanol–water partition coefficient (Wildman–Crippen LogP) is 3.29. The third-order valence-corrected chi connectivity index (χ3v) is 1.75. The van der Waals surface area contributed by atoms with Crippen LogP contribution in [0.4, 0.5) is 4.79 Å². The molecule has 1 rings (SSSR count). The molecule has 0 bridgehead atoms. The van der Waals surface area contributed by atoms with Crippen LogP contribution in [-0.2, 0) is 9.57 Å². The number of hydrogen-bond donors (Lipinski definition) is 0. The third-order valence-electron chi connectivity index (χ3n) is 1.75. The second-order valence-electron chi connectivity index (χ2n) is 4.47. The van der Waals surface area contributed by atoms with E-state index in [1.165, 1.54) is 0 Å². The van der Waals surface area contributed by atoms with E-state index in [2.05, 4.69) is 9.99 Å². The monoisotopic (exact) mass is 282 g/mol. The summed E-state index contributed by atoms with van der Waals surface area (Å²) in [5, 5.41) is 12.4. The quantitative estimate of drug-likeness (QED) is 0.361. The minimum atomic E-state index is -0.939. The zero-order valence-corrected chi connectivity index (χ0v) is 11.7. The second-order valence-corrected chi connectivity index (χ2v) is 4.47. The molecule has 6 heteroatoms. The zero-order chi connectivity index (χ0) is 13.6. The molecule has 0 amide bonds. The Morgan fingerprint density at radius 3 is 2.32 bits per heavy atom. The highest BCUT2D eigenvalue weighted by Crippen LogP contribution is 2.08. The molecule has 0 aliphatic carbocycles. The lowest BCUT2D eigenvalue weighted by atomic mass is 10.1. The van der Waals surface area contributed by atoms with Crippen molar-refractivity contribution >= 4 is 24.3 Å². The van der Waals surface area contributed by atoms with E-state index >= 15 is 0 Å². The molecule has 0 heterocycles. The molecule has 0 unspecified atom stereocenters. The molecule has 0 aliphatic heterocycles. The van der Waals surface area contributed by atoms with E-state index in [1.54, 1.807) is 45.0 Å². The number of nitriles is 1. The molecule has 0 saturated heterocycles. The van der Waals surface area contributed by atoms with Gasteiger partial charge in [0, 0.05) is 5.56 Å². The van der Waals surface area contributed by atoms with E-state index in [-0.39, 0.29) is 18.1 Å². The van der Waals surface area contributed by atoms with Gasteiger partial charge in [-0.15, -0.1) is 12.4 Å². The maximum atomic E-state index is 11.2. The summed E-state index contributed by atoms with van der Waals surface area (Å²) in [7, 11) is 0. The molecule has 0 radical (unpaired) electrons. The largest absolute Gasteiger partial charge is 0.535 e. The first kappa shape index (κ1) is 16.9. The maximum Gasteiger partial charge on any atom is 0.535 e. The highest BCUT2D eigenvalue weighted by molar-refractivity contribution is 6.11. The first-order valence-corrected chi connectivity index (χ1v) is 5.36. The van der Waals surface area contributed by atoms with Gasteiger partial charge in [0.15, 0.2) is 5.71 Å². The Morgan fingerprint density at radius 2 is 1.84 bits per heavy atom. The lowest BCUT2D eigenvalue weighted by Gasteiger charge is -2.17. The summed E-state index contributed by atoms with van der Waals surface area (Å²) in [4.78, 5) is 15.8. The average molecular weight is 283 g/mol. The van der Waals surface area contributed by atoms with Gasteiger partial charge in [0.25, 0.3) is 0 Å². The number of benzene rings is 1. The van der Waals surface area contributed by atoms with E-state index in [4.69, 9.17) is 10.00 Å². The van der Waals surface area contributed by atoms with Gasteiger partial charge >= 0.3 is 6.16 Å². The fraction of sp³-hybridized carbons (Fsp3) is 0.308. The van der Waals surface area contributed by atoms with Crippen LogP contribution in [0.25, 0.3) is 0 Å². The Hall–Kier alpha value is -2.06. The highest BCUT2D eigenvalue weighted by atomic mass is 35.5. The number of rotatable bonds is 2. The molecule has 0 fully saturated rings. The minimum Gasteiger partial charge on any atom is -0.427 e. The van der Waals surface area contributed by atoms with Gasteiger partial charge in [-0.2, -0.15) is 5.26 Å². The Labute approximate surface area is 118 Å². The van der Waals surface area contributed by atoms with Gasteiger partial charge in [-0.25, -0.2) is 4.79 Å². The van der Waals surface area contributed by atoms with Gasteiger partial charge in [0.2, 0.25) is 0 Å². The van der Waals surface area contributed by atoms with Crippen LogP contribution >= 0.6 is 12.4 Å². The fourth-order valence-corrected chi connectivity index (χ4v) is 1.09. The Bertz CT molecular complexity index is 487. The van der Waals surface area contributed by atoms with Crippen LogP contribution in [0.2, 0.25) is 0 Å². The summed E-state index contributed by atoms with van der Waals surface area (Å²) in [5.41, 5.74) is -0.0726. The Kier molecular flexibility index (Phi) is 6.59. The van der Waals surface area contributed by atoms with Crippen molar-refractivity contribution in [2.24, 2.45) is 5.16 Å². The molecule has 19 heavy (non-hydrogen) atoms. The van der Waals surface area contributed by atoms with Crippen LogP contribution in [0.5, 0.6) is 0 Å². The molecule has 0 N–H and O–H groups in total. The second kappa shape index (κ2) is 7.39. The van der Waals surface area contributed by atoms with E-state index in [0.717, 1.165) is 0 Å². The number of carbonyl (C=O) groups excluding carboxylic acids is 1. The Morgan fingerprint density at radius 1 is 1.26 bits per heavy atom. The number of carbonyl (C=O) groups is 1. The summed E-state index contributed by atoms with van der Waals surface area (Å²) >= 11 is 0. The van der Waals surface area contributed by atoms with Crippen LogP contribution < -0.4 is 0 Å². The number of ether oxygens (including phenoxy) is 1. The molecule has 1 aromatic rings. The molecule has 102 valence electrons. The van der Waals surface area contributed by atoms with Crippen molar-refractivity contribution in [1.29, 1.82) is 5.26 Å². The molecule has 0 saturated carbocycles. The van der Waals surface area contributed by atoms with Crippen LogP contribution in [0.1, 0.15) is 26.3 Å². The first-order valence-electron chi connectivity index (χ1n) is 5.36. The number of oxime groups is 1. The maximum absolute atomic E-state index is 11.2. The van der Waals surface area contributed by atoms with E-state index in [9.17, 15) is 4.79 Å². The van der Waals surface area contributed by atoms with Crippen LogP contribution in [-0.4, -0.2) is 17.5 Å². The average Bonchev–Trinajstić information content (AvgIpc) is 2.29. The topological polar surface area (TPSA) is 71.7 Å². The summed E-state index contributed by atoms with van der Waals surface area (Å²) in [5.74, 6) is 0. The molecular formula is C13H15ClN2O3. The van der Waals surface area contributed by atoms with Crippen molar-refractivity contribution in [3.8, 4) is 6.07 Å². The number of hydrogen-bond acceptors (Lipinski definition) is 5. The number of halogens is 1. The first-order chi connectivity index (χ1) is 8.42. The van der Waals surface area contributed by atoms with E-state index in [1.807, 2.05) is 12.1 Å². The van der Waals surface area contributed by atoms with Crippen LogP contribution in [0.3, 0.4) is 0 Å². The van der Waals surface area contributed by atoms with Gasteiger partial charge in [-0.05, 0) is 20.8 Å². The van der Waals surface area contributed by atoms with Crippen molar-refractivity contribution in [3.63, 3.8) is 0 Å². The molecule has 0 spiro atoms. The summed E-state index contributed by atoms with van der Waals surface area (Å²) < 4.78 is 4.89. The van der Waals surface area contributed by atoms with Gasteiger partial charge in [0.05, 0.1) is 0 Å². The van der Waals surface area contributed by atoms with Crippen molar-refractivity contribution in [1.82, 2.24) is 0 Å². The normalized spacial score (nSPS) is 10.9. The fourth-order valence-electron chi connectivity index (χ4n) is 1.09. The lowest BCUT2D eigenvalue weighted by Crippen LogP contribution is -2.23. The lowest BCUT2D eigenvalue weighted by molar-refractivity contribution is -0.00609. The standard InChI is InChI=1S/C13H14N2O3.ClH/c1-13(2,3)17-12(16)18-15-11(9-14)10-7-5-4-6-8-10;/h4-8H,1-3H3;1H. The summed E-state index contributed by atoms with van der Waals surface area (Å²) in [6.45, 7) is 5.13. The molecule has 5 nitrogen and oxygen atoms in total. The van der Waals surface area contributed by atoms with Crippen molar-refractivity contribution in [3.05, 3.63) is 35.9 Å². The highest BCUT2D eigenvalue weighted by Gasteiger charge is 2.18. The molecule has 1 aromatic carbocycles. The van der Waals surface area contributed by atoms with Gasteiger partial charge in [0.1, 0.15) is 11.7 Å². The van der Waals surface area contributed by atoms with E-state index in [0.29, 0.717) is 5.56 Å². The zero-order valence-electron chi connectivity index (χ0n) is 10.9. The summed E-state index contributed by atoms with van der Waals surface area (Å²) in [6.07, 6.45) is -0.939. The molecule has 0 aromatic heterocycles. The van der Waals surface area contributed by atoms with Gasteiger partial charge in [-0.1, -0.05) is 35.5 Å². The minimum absolute atomic E-state index is 0. The van der Waals surface area contributed by atoms with Gasteiger partial charge < -0.3 is 4.74 Å². The molecule has 0 atom stereocenters. The number of nitrogens with zero attached hydrogens (tertiary/aromatic N) is 2. The molecular weight excluding hydrogens is 268 g/mol. The predicted molar refractivity (Wildman–Crippen MR) is 73.2 cm³/mol. The van der Waals surface area contributed by atoms with Gasteiger partial charge in [-0.3, -0.25) is 4.84 Å². The van der Waals surface area contributed by atoms with E-state index < -0.39 is 11.8 Å². The summed E-state index contributed by atoms with van der Waals surface area (Å²) in [6, 6.07) is 10.6. The van der Waals surface area contributed by atoms with Crippen molar-refractivity contribution < 1.29 is 14.4 Å². The smallest absolute Gasteiger partial charge is 0.427 e. The molecule has 0 aliphatic rings. The van der Waals surface area contributed by atoms with Crippen LogP contribution in [0, 0.1) is 11.3 Å². The van der Waals surface area contributed by atoms with Crippen molar-refractivity contribution in [2.75, 3.05) is 0 Å².